The molecule has 1 aromatic rings. The van der Waals surface area contributed by atoms with Crippen molar-refractivity contribution in [1.29, 1.82) is 0 Å². The van der Waals surface area contributed by atoms with Crippen LogP contribution in [0, 0.1) is 0 Å². The molecule has 1 rings (SSSR count). The highest BCUT2D eigenvalue weighted by Crippen LogP contribution is 2.10. The van der Waals surface area contributed by atoms with Gasteiger partial charge in [-0.1, -0.05) is 62.8 Å². The van der Waals surface area contributed by atoms with E-state index in [1.807, 2.05) is 0 Å². The average molecular weight is 353 g/mol. The molecule has 1 aromatic carbocycles. The molecule has 0 aromatic heterocycles. The summed E-state index contributed by atoms with van der Waals surface area (Å²) in [6.45, 7) is 2.69. The molecule has 0 amide bonds. The Kier molecular flexibility index (Phi) is 10.6. The Morgan fingerprint density at radius 3 is 2.17 bits per heavy atom. The Balaban J connectivity index is 2.12. The van der Waals surface area contributed by atoms with Crippen LogP contribution in [0.1, 0.15) is 51.0 Å². The number of hydrogen-bond donors (Lipinski definition) is 0. The summed E-state index contributed by atoms with van der Waals surface area (Å²) in [4.78, 5) is 23.0. The Morgan fingerprint density at radius 2 is 1.50 bits per heavy atom. The first-order valence-corrected chi connectivity index (χ1v) is 8.75. The van der Waals surface area contributed by atoms with Crippen molar-refractivity contribution in [2.45, 2.75) is 52.1 Å². The largest absolute Gasteiger partial charge is 0.463 e. The Labute approximate surface area is 148 Å². The minimum atomic E-state index is -0.582. The zero-order chi connectivity index (χ0) is 17.6. The maximum Gasteiger partial charge on any atom is 0.331 e. The Bertz CT molecular complexity index is 523. The van der Waals surface area contributed by atoms with E-state index in [4.69, 9.17) is 21.1 Å². The van der Waals surface area contributed by atoms with Crippen molar-refractivity contribution in [1.82, 2.24) is 0 Å². The van der Waals surface area contributed by atoms with E-state index < -0.39 is 11.9 Å². The molecule has 5 heteroatoms. The van der Waals surface area contributed by atoms with Crippen molar-refractivity contribution in [3.8, 4) is 0 Å². The third kappa shape index (κ3) is 10.1. The molecule has 0 saturated heterocycles. The van der Waals surface area contributed by atoms with Crippen LogP contribution in [-0.2, 0) is 25.7 Å². The van der Waals surface area contributed by atoms with Crippen LogP contribution in [0.4, 0.5) is 0 Å². The lowest BCUT2D eigenvalue weighted by molar-refractivity contribution is -0.141. The van der Waals surface area contributed by atoms with Gasteiger partial charge in [-0.2, -0.15) is 0 Å². The van der Waals surface area contributed by atoms with Gasteiger partial charge < -0.3 is 9.47 Å². The van der Waals surface area contributed by atoms with Crippen LogP contribution in [0.25, 0.3) is 0 Å². The van der Waals surface area contributed by atoms with E-state index in [9.17, 15) is 9.59 Å². The van der Waals surface area contributed by atoms with Crippen molar-refractivity contribution >= 4 is 23.5 Å². The van der Waals surface area contributed by atoms with Crippen LogP contribution in [-0.4, -0.2) is 18.5 Å². The number of esters is 2. The van der Waals surface area contributed by atoms with Gasteiger partial charge in [0.25, 0.3) is 0 Å². The molecule has 0 heterocycles. The molecule has 0 aliphatic carbocycles. The summed E-state index contributed by atoms with van der Waals surface area (Å²) in [6.07, 6.45) is 8.95. The van der Waals surface area contributed by atoms with Gasteiger partial charge in [0.15, 0.2) is 0 Å². The molecule has 0 saturated carbocycles. The number of benzene rings is 1. The van der Waals surface area contributed by atoms with Gasteiger partial charge in [-0.25, -0.2) is 9.59 Å². The topological polar surface area (TPSA) is 52.6 Å². The summed E-state index contributed by atoms with van der Waals surface area (Å²) in [5, 5.41) is 0.623. The second kappa shape index (κ2) is 12.6. The number of carbonyl (C=O) groups excluding carboxylic acids is 2. The predicted octanol–water partition coefficient (Wildman–Crippen LogP) is 4.84. The normalized spacial score (nSPS) is 10.8. The first-order valence-electron chi connectivity index (χ1n) is 8.38. The minimum Gasteiger partial charge on any atom is -0.463 e. The number of rotatable bonds is 11. The average Bonchev–Trinajstić information content (AvgIpc) is 2.58. The van der Waals surface area contributed by atoms with E-state index in [0.717, 1.165) is 37.0 Å². The maximum atomic E-state index is 11.5. The second-order valence-corrected chi connectivity index (χ2v) is 5.94. The molecular formula is C19H25ClO4. The van der Waals surface area contributed by atoms with Gasteiger partial charge in [0.05, 0.1) is 6.61 Å². The minimum absolute atomic E-state index is 0.132. The van der Waals surface area contributed by atoms with Gasteiger partial charge in [-0.05, 0) is 24.1 Å². The molecule has 24 heavy (non-hydrogen) atoms. The van der Waals surface area contributed by atoms with Gasteiger partial charge >= 0.3 is 11.9 Å². The van der Waals surface area contributed by atoms with Gasteiger partial charge in [0.1, 0.15) is 6.61 Å². The van der Waals surface area contributed by atoms with E-state index in [1.54, 1.807) is 24.3 Å². The van der Waals surface area contributed by atoms with Crippen LogP contribution >= 0.6 is 11.6 Å². The van der Waals surface area contributed by atoms with Crippen molar-refractivity contribution < 1.29 is 19.1 Å². The highest BCUT2D eigenvalue weighted by molar-refractivity contribution is 6.30. The van der Waals surface area contributed by atoms with Crippen LogP contribution < -0.4 is 0 Å². The maximum absolute atomic E-state index is 11.5. The van der Waals surface area contributed by atoms with Crippen LogP contribution in [0.3, 0.4) is 0 Å². The summed E-state index contributed by atoms with van der Waals surface area (Å²) in [5.74, 6) is -1.10. The van der Waals surface area contributed by atoms with E-state index in [1.165, 1.54) is 19.3 Å². The van der Waals surface area contributed by atoms with Crippen molar-refractivity contribution in [3.63, 3.8) is 0 Å². The highest BCUT2D eigenvalue weighted by Gasteiger charge is 2.02. The van der Waals surface area contributed by atoms with Crippen molar-refractivity contribution in [2.24, 2.45) is 0 Å². The first kappa shape index (κ1) is 20.2. The summed E-state index contributed by atoms with van der Waals surface area (Å²) in [7, 11) is 0. The number of hydrogen-bond acceptors (Lipinski definition) is 4. The zero-order valence-corrected chi connectivity index (χ0v) is 14.9. The molecule has 0 N–H and O–H groups in total. The lowest BCUT2D eigenvalue weighted by Crippen LogP contribution is -2.05. The summed E-state index contributed by atoms with van der Waals surface area (Å²) >= 11 is 5.77. The smallest absolute Gasteiger partial charge is 0.331 e. The second-order valence-electron chi connectivity index (χ2n) is 5.50. The van der Waals surface area contributed by atoms with Gasteiger partial charge in [0, 0.05) is 17.2 Å². The highest BCUT2D eigenvalue weighted by atomic mass is 35.5. The predicted molar refractivity (Wildman–Crippen MR) is 94.7 cm³/mol. The summed E-state index contributed by atoms with van der Waals surface area (Å²) < 4.78 is 10.0. The molecule has 0 spiro atoms. The Morgan fingerprint density at radius 1 is 0.917 bits per heavy atom. The zero-order valence-electron chi connectivity index (χ0n) is 14.1. The van der Waals surface area contributed by atoms with E-state index in [-0.39, 0.29) is 6.61 Å². The molecule has 0 unspecified atom stereocenters. The molecule has 0 bridgehead atoms. The molecular weight excluding hydrogens is 328 g/mol. The van der Waals surface area contributed by atoms with Crippen LogP contribution in [0.2, 0.25) is 5.02 Å². The molecule has 0 radical (unpaired) electrons. The number of carbonyl (C=O) groups is 2. The number of ether oxygens (including phenoxy) is 2. The standard InChI is InChI=1S/C19H25ClO4/c1-2-3-4-5-6-7-14-23-18(21)12-13-19(22)24-15-16-8-10-17(20)11-9-16/h8-13H,2-7,14-15H2,1H3/b13-12+. The van der Waals surface area contributed by atoms with Crippen molar-refractivity contribution in [2.75, 3.05) is 6.61 Å². The summed E-state index contributed by atoms with van der Waals surface area (Å²) in [6, 6.07) is 6.99. The fraction of sp³-hybridized carbons (Fsp3) is 0.474. The van der Waals surface area contributed by atoms with Gasteiger partial charge in [-0.15, -0.1) is 0 Å². The van der Waals surface area contributed by atoms with E-state index in [2.05, 4.69) is 6.92 Å². The number of halogens is 1. The quantitative estimate of drug-likeness (QED) is 0.325. The fourth-order valence-corrected chi connectivity index (χ4v) is 2.15. The lowest BCUT2D eigenvalue weighted by Gasteiger charge is -2.03. The fourth-order valence-electron chi connectivity index (χ4n) is 2.02. The van der Waals surface area contributed by atoms with Gasteiger partial charge in [0.2, 0.25) is 0 Å². The molecule has 132 valence electrons. The molecule has 0 aliphatic rings. The summed E-state index contributed by atoms with van der Waals surface area (Å²) in [5.41, 5.74) is 0.826. The molecule has 0 fully saturated rings. The third-order valence-electron chi connectivity index (χ3n) is 3.39. The monoisotopic (exact) mass is 352 g/mol. The molecule has 0 aliphatic heterocycles. The Hall–Kier alpha value is -1.81. The molecule has 4 nitrogen and oxygen atoms in total. The lowest BCUT2D eigenvalue weighted by atomic mass is 10.1. The van der Waals surface area contributed by atoms with E-state index >= 15 is 0 Å². The SMILES string of the molecule is CCCCCCCCOC(=O)/C=C/C(=O)OCc1ccc(Cl)cc1. The third-order valence-corrected chi connectivity index (χ3v) is 3.64. The van der Waals surface area contributed by atoms with Crippen molar-refractivity contribution in [3.05, 3.63) is 47.0 Å². The molecule has 0 atom stereocenters. The van der Waals surface area contributed by atoms with Gasteiger partial charge in [-0.3, -0.25) is 0 Å². The van der Waals surface area contributed by atoms with Crippen LogP contribution in [0.5, 0.6) is 0 Å². The van der Waals surface area contributed by atoms with E-state index in [0.29, 0.717) is 11.6 Å². The number of unbranched alkanes of at least 4 members (excludes halogenated alkanes) is 5. The first-order chi connectivity index (χ1) is 11.6. The van der Waals surface area contributed by atoms with Crippen LogP contribution in [0.15, 0.2) is 36.4 Å².